The van der Waals surface area contributed by atoms with Crippen molar-refractivity contribution in [1.82, 2.24) is 0 Å². The van der Waals surface area contributed by atoms with Crippen LogP contribution in [0.15, 0.2) is 16.6 Å². The second-order valence-corrected chi connectivity index (χ2v) is 11.5. The molecule has 0 spiro atoms. The van der Waals surface area contributed by atoms with E-state index in [4.69, 9.17) is 4.43 Å². The van der Waals surface area contributed by atoms with Crippen molar-refractivity contribution >= 4 is 24.2 Å². The Hall–Kier alpha value is -0.263. The minimum Gasteiger partial charge on any atom is -0.413 e. The highest BCUT2D eigenvalue weighted by Gasteiger charge is 2.37. The molecule has 0 aliphatic rings. The van der Waals surface area contributed by atoms with Crippen molar-refractivity contribution in [2.75, 3.05) is 0 Å². The molecule has 0 saturated heterocycles. The zero-order valence-corrected chi connectivity index (χ0v) is 14.0. The molecule has 0 aliphatic carbocycles. The van der Waals surface area contributed by atoms with E-state index < -0.39 is 20.0 Å². The zero-order chi connectivity index (χ0) is 14.1. The van der Waals surface area contributed by atoms with Crippen LogP contribution in [0.25, 0.3) is 0 Å². The quantitative estimate of drug-likeness (QED) is 0.541. The van der Waals surface area contributed by atoms with Gasteiger partial charge in [0.2, 0.25) is 0 Å². The van der Waals surface area contributed by atoms with E-state index >= 15 is 0 Å². The number of rotatable bonds is 3. The lowest BCUT2D eigenvalue weighted by Crippen LogP contribution is -2.40. The van der Waals surface area contributed by atoms with E-state index in [1.165, 1.54) is 12.1 Å². The van der Waals surface area contributed by atoms with Crippen LogP contribution in [0, 0.1) is 11.6 Å². The van der Waals surface area contributed by atoms with Gasteiger partial charge >= 0.3 is 0 Å². The Morgan fingerprint density at radius 1 is 1.17 bits per heavy atom. The van der Waals surface area contributed by atoms with Gasteiger partial charge in [0.25, 0.3) is 0 Å². The molecule has 102 valence electrons. The zero-order valence-electron chi connectivity index (χ0n) is 11.4. The predicted molar refractivity (Wildman–Crippen MR) is 76.0 cm³/mol. The molecule has 5 heteroatoms. The molecule has 18 heavy (non-hydrogen) atoms. The summed E-state index contributed by atoms with van der Waals surface area (Å²) in [5, 5.41) is 0.0828. The van der Waals surface area contributed by atoms with Gasteiger partial charge in [0.05, 0.1) is 11.1 Å². The van der Waals surface area contributed by atoms with E-state index in [1.807, 2.05) is 0 Å². The molecule has 0 unspecified atom stereocenters. The van der Waals surface area contributed by atoms with Gasteiger partial charge in [-0.25, -0.2) is 8.78 Å². The maximum absolute atomic E-state index is 13.4. The van der Waals surface area contributed by atoms with Crippen LogP contribution in [0.5, 0.6) is 0 Å². The van der Waals surface area contributed by atoms with Gasteiger partial charge in [0.1, 0.15) is 11.6 Å². The summed E-state index contributed by atoms with van der Waals surface area (Å²) in [7, 11) is -1.89. The summed E-state index contributed by atoms with van der Waals surface area (Å²) in [6.45, 7) is 10.8. The first-order chi connectivity index (χ1) is 8.04. The molecule has 0 aromatic heterocycles. The summed E-state index contributed by atoms with van der Waals surface area (Å²) >= 11 is 2.85. The van der Waals surface area contributed by atoms with Gasteiger partial charge in [0.15, 0.2) is 8.32 Å². The SMILES string of the molecule is CC(C)(C)[Si](C)(C)OCc1cc(F)c(Br)c(F)c1. The average Bonchev–Trinajstić information content (AvgIpc) is 2.21. The Morgan fingerprint density at radius 3 is 2.00 bits per heavy atom. The number of halogens is 3. The highest BCUT2D eigenvalue weighted by Crippen LogP contribution is 2.37. The van der Waals surface area contributed by atoms with Crippen LogP contribution in [0.1, 0.15) is 26.3 Å². The number of hydrogen-bond acceptors (Lipinski definition) is 1. The lowest BCUT2D eigenvalue weighted by molar-refractivity contribution is 0.275. The second kappa shape index (κ2) is 5.39. The molecule has 0 saturated carbocycles. The monoisotopic (exact) mass is 336 g/mol. The average molecular weight is 337 g/mol. The van der Waals surface area contributed by atoms with E-state index in [0.29, 0.717) is 5.56 Å². The van der Waals surface area contributed by atoms with Gasteiger partial charge in [-0.05, 0) is 51.8 Å². The Kier molecular flexibility index (Phi) is 4.73. The smallest absolute Gasteiger partial charge is 0.192 e. The largest absolute Gasteiger partial charge is 0.413 e. The standard InChI is InChI=1S/C13H19BrF2OSi/c1-13(2,3)18(4,5)17-8-9-6-10(15)12(14)11(16)7-9/h6-7H,8H2,1-5H3. The van der Waals surface area contributed by atoms with Crippen LogP contribution >= 0.6 is 15.9 Å². The van der Waals surface area contributed by atoms with Crippen LogP contribution in [-0.4, -0.2) is 8.32 Å². The second-order valence-electron chi connectivity index (χ2n) is 5.92. The Labute approximate surface area is 117 Å². The minimum absolute atomic E-state index is 0.0828. The van der Waals surface area contributed by atoms with Crippen molar-refractivity contribution in [3.05, 3.63) is 33.8 Å². The molecule has 0 fully saturated rings. The number of benzene rings is 1. The Bertz CT molecular complexity index is 418. The number of hydrogen-bond donors (Lipinski definition) is 0. The minimum atomic E-state index is -1.89. The summed E-state index contributed by atoms with van der Waals surface area (Å²) in [5.74, 6) is -1.19. The molecular weight excluding hydrogens is 318 g/mol. The van der Waals surface area contributed by atoms with Crippen molar-refractivity contribution in [1.29, 1.82) is 0 Å². The highest BCUT2D eigenvalue weighted by atomic mass is 79.9. The first-order valence-electron chi connectivity index (χ1n) is 5.82. The predicted octanol–water partition coefficient (Wildman–Crippen LogP) is 5.25. The van der Waals surface area contributed by atoms with Crippen molar-refractivity contribution in [3.63, 3.8) is 0 Å². The van der Waals surface area contributed by atoms with Crippen LogP contribution < -0.4 is 0 Å². The van der Waals surface area contributed by atoms with Gasteiger partial charge in [-0.15, -0.1) is 0 Å². The van der Waals surface area contributed by atoms with E-state index in [0.717, 1.165) is 0 Å². The van der Waals surface area contributed by atoms with E-state index in [-0.39, 0.29) is 16.1 Å². The molecule has 1 aromatic carbocycles. The first kappa shape index (κ1) is 15.8. The summed E-state index contributed by atoms with van der Waals surface area (Å²) in [6.07, 6.45) is 0. The van der Waals surface area contributed by atoms with Crippen LogP contribution in [0.4, 0.5) is 8.78 Å². The topological polar surface area (TPSA) is 9.23 Å². The third-order valence-electron chi connectivity index (χ3n) is 3.45. The summed E-state index contributed by atoms with van der Waals surface area (Å²) < 4.78 is 32.5. The lowest BCUT2D eigenvalue weighted by atomic mass is 10.2. The lowest BCUT2D eigenvalue weighted by Gasteiger charge is -2.36. The Morgan fingerprint density at radius 2 is 1.61 bits per heavy atom. The molecule has 0 radical (unpaired) electrons. The maximum atomic E-state index is 13.4. The van der Waals surface area contributed by atoms with E-state index in [1.54, 1.807) is 0 Å². The molecule has 1 nitrogen and oxygen atoms in total. The van der Waals surface area contributed by atoms with E-state index in [2.05, 4.69) is 49.8 Å². The van der Waals surface area contributed by atoms with Gasteiger partial charge in [-0.3, -0.25) is 0 Å². The van der Waals surface area contributed by atoms with Crippen molar-refractivity contribution in [3.8, 4) is 0 Å². The molecule has 0 aliphatic heterocycles. The normalized spacial score (nSPS) is 12.9. The fourth-order valence-electron chi connectivity index (χ4n) is 1.17. The Balaban J connectivity index is 2.82. The molecule has 0 N–H and O–H groups in total. The summed E-state index contributed by atoms with van der Waals surface area (Å²) in [6, 6.07) is 2.61. The first-order valence-corrected chi connectivity index (χ1v) is 9.52. The van der Waals surface area contributed by atoms with Crippen LogP contribution in [-0.2, 0) is 11.0 Å². The van der Waals surface area contributed by atoms with Gasteiger partial charge in [-0.2, -0.15) is 0 Å². The molecule has 1 aromatic rings. The van der Waals surface area contributed by atoms with Crippen molar-refractivity contribution in [2.24, 2.45) is 0 Å². The summed E-state index contributed by atoms with van der Waals surface area (Å²) in [4.78, 5) is 0. The van der Waals surface area contributed by atoms with Crippen LogP contribution in [0.3, 0.4) is 0 Å². The van der Waals surface area contributed by atoms with Gasteiger partial charge < -0.3 is 4.43 Å². The third-order valence-corrected chi connectivity index (χ3v) is 8.69. The fraction of sp³-hybridized carbons (Fsp3) is 0.538. The molecular formula is C13H19BrF2OSi. The van der Waals surface area contributed by atoms with Crippen molar-refractivity contribution < 1.29 is 13.2 Å². The molecule has 1 rings (SSSR count). The van der Waals surface area contributed by atoms with Crippen molar-refractivity contribution in [2.45, 2.75) is 45.5 Å². The van der Waals surface area contributed by atoms with E-state index in [9.17, 15) is 8.78 Å². The third kappa shape index (κ3) is 3.62. The molecule has 0 amide bonds. The fourth-order valence-corrected chi connectivity index (χ4v) is 2.36. The maximum Gasteiger partial charge on any atom is 0.192 e. The highest BCUT2D eigenvalue weighted by molar-refractivity contribution is 9.10. The molecule has 0 atom stereocenters. The van der Waals surface area contributed by atoms with Crippen LogP contribution in [0.2, 0.25) is 18.1 Å². The summed E-state index contributed by atoms with van der Waals surface area (Å²) in [5.41, 5.74) is 0.526. The van der Waals surface area contributed by atoms with Gasteiger partial charge in [-0.1, -0.05) is 20.8 Å². The molecule has 0 bridgehead atoms. The van der Waals surface area contributed by atoms with Gasteiger partial charge in [0, 0.05) is 0 Å². The molecule has 0 heterocycles.